The van der Waals surface area contributed by atoms with Gasteiger partial charge in [-0.05, 0) is 83.3 Å². The molecule has 0 spiro atoms. The Bertz CT molecular complexity index is 1160. The standard InChI is InChI=1S/C36H38O/c1-3-5-7-29-9-13-31(14-10-29)17-19-33-21-25-35(26-22-33)37-36-27-23-34(24-28-36)20-18-32-15-11-30(12-16-32)8-6-4-2/h9-28H,3-8H2,1-2H3/b19-17+,20-18+. The highest BCUT2D eigenvalue weighted by atomic mass is 16.5. The van der Waals surface area contributed by atoms with Crippen LogP contribution >= 0.6 is 0 Å². The van der Waals surface area contributed by atoms with E-state index in [9.17, 15) is 0 Å². The molecule has 0 atom stereocenters. The first kappa shape index (κ1) is 26.2. The van der Waals surface area contributed by atoms with Crippen molar-refractivity contribution in [3.63, 3.8) is 0 Å². The molecule has 0 heterocycles. The largest absolute Gasteiger partial charge is 0.457 e. The summed E-state index contributed by atoms with van der Waals surface area (Å²) in [4.78, 5) is 0. The van der Waals surface area contributed by atoms with E-state index in [1.165, 1.54) is 47.9 Å². The number of benzene rings is 4. The lowest BCUT2D eigenvalue weighted by Gasteiger charge is -2.06. The van der Waals surface area contributed by atoms with Crippen molar-refractivity contribution in [2.24, 2.45) is 0 Å². The lowest BCUT2D eigenvalue weighted by atomic mass is 10.1. The SMILES string of the molecule is CCCCc1ccc(/C=C/c2ccc(Oc3ccc(/C=C/c4ccc(CCCC)cc4)cc3)cc2)cc1. The van der Waals surface area contributed by atoms with E-state index in [0.29, 0.717) is 0 Å². The Morgan fingerprint density at radius 3 is 1.03 bits per heavy atom. The minimum absolute atomic E-state index is 0.837. The highest BCUT2D eigenvalue weighted by Crippen LogP contribution is 2.23. The highest BCUT2D eigenvalue weighted by molar-refractivity contribution is 5.71. The molecule has 1 heteroatoms. The number of hydrogen-bond donors (Lipinski definition) is 0. The molecule has 0 aromatic heterocycles. The van der Waals surface area contributed by atoms with E-state index in [1.54, 1.807) is 0 Å². The fraction of sp³-hybridized carbons (Fsp3) is 0.222. The van der Waals surface area contributed by atoms with Gasteiger partial charge in [-0.25, -0.2) is 0 Å². The van der Waals surface area contributed by atoms with Crippen molar-refractivity contribution in [1.82, 2.24) is 0 Å². The molecule has 0 aliphatic rings. The first-order chi connectivity index (χ1) is 18.2. The zero-order valence-corrected chi connectivity index (χ0v) is 22.2. The molecule has 0 radical (unpaired) electrons. The van der Waals surface area contributed by atoms with Gasteiger partial charge >= 0.3 is 0 Å². The number of rotatable bonds is 12. The Hall–Kier alpha value is -3.84. The minimum Gasteiger partial charge on any atom is -0.457 e. The molecule has 4 aromatic rings. The van der Waals surface area contributed by atoms with Crippen molar-refractivity contribution in [1.29, 1.82) is 0 Å². The van der Waals surface area contributed by atoms with Gasteiger partial charge in [0.05, 0.1) is 0 Å². The van der Waals surface area contributed by atoms with E-state index in [4.69, 9.17) is 4.74 Å². The van der Waals surface area contributed by atoms with Gasteiger partial charge in [0, 0.05) is 0 Å². The Labute approximate surface area is 223 Å². The van der Waals surface area contributed by atoms with Crippen LogP contribution in [0.1, 0.15) is 72.9 Å². The van der Waals surface area contributed by atoms with E-state index in [2.05, 4.69) is 111 Å². The summed E-state index contributed by atoms with van der Waals surface area (Å²) in [6.07, 6.45) is 15.9. The molecular weight excluding hydrogens is 448 g/mol. The lowest BCUT2D eigenvalue weighted by Crippen LogP contribution is -1.85. The summed E-state index contributed by atoms with van der Waals surface area (Å²) in [5.41, 5.74) is 7.58. The number of unbranched alkanes of at least 4 members (excludes halogenated alkanes) is 2. The first-order valence-corrected chi connectivity index (χ1v) is 13.6. The summed E-state index contributed by atoms with van der Waals surface area (Å²) in [6, 6.07) is 34.2. The maximum absolute atomic E-state index is 6.06. The van der Waals surface area contributed by atoms with Crippen molar-refractivity contribution in [3.8, 4) is 11.5 Å². The second kappa shape index (κ2) is 14.0. The van der Waals surface area contributed by atoms with Gasteiger partial charge in [-0.1, -0.05) is 124 Å². The third-order valence-corrected chi connectivity index (χ3v) is 6.53. The van der Waals surface area contributed by atoms with Crippen molar-refractivity contribution < 1.29 is 4.74 Å². The molecule has 188 valence electrons. The molecule has 0 saturated carbocycles. The van der Waals surface area contributed by atoms with Crippen LogP contribution in [0.4, 0.5) is 0 Å². The van der Waals surface area contributed by atoms with Gasteiger partial charge in [0.15, 0.2) is 0 Å². The van der Waals surface area contributed by atoms with E-state index < -0.39 is 0 Å². The van der Waals surface area contributed by atoms with Crippen LogP contribution in [0, 0.1) is 0 Å². The summed E-state index contributed by atoms with van der Waals surface area (Å²) in [5.74, 6) is 1.67. The normalized spacial score (nSPS) is 11.4. The van der Waals surface area contributed by atoms with Crippen LogP contribution in [0.3, 0.4) is 0 Å². The van der Waals surface area contributed by atoms with Crippen LogP contribution in [0.25, 0.3) is 24.3 Å². The second-order valence-electron chi connectivity index (χ2n) is 9.60. The van der Waals surface area contributed by atoms with Crippen LogP contribution in [0.5, 0.6) is 11.5 Å². The molecule has 0 unspecified atom stereocenters. The molecule has 1 nitrogen and oxygen atoms in total. The zero-order valence-electron chi connectivity index (χ0n) is 22.2. The van der Waals surface area contributed by atoms with E-state index in [-0.39, 0.29) is 0 Å². The van der Waals surface area contributed by atoms with Crippen molar-refractivity contribution in [2.75, 3.05) is 0 Å². The van der Waals surface area contributed by atoms with Crippen LogP contribution in [0.2, 0.25) is 0 Å². The molecule has 37 heavy (non-hydrogen) atoms. The van der Waals surface area contributed by atoms with E-state index in [0.717, 1.165) is 35.5 Å². The molecule has 0 saturated heterocycles. The molecule has 0 bridgehead atoms. The molecule has 0 N–H and O–H groups in total. The van der Waals surface area contributed by atoms with Gasteiger partial charge in [0.1, 0.15) is 11.5 Å². The molecule has 0 aliphatic heterocycles. The third kappa shape index (κ3) is 8.65. The number of ether oxygens (including phenoxy) is 1. The fourth-order valence-corrected chi connectivity index (χ4v) is 4.17. The van der Waals surface area contributed by atoms with E-state index in [1.807, 2.05) is 24.3 Å². The molecular formula is C36H38O. The van der Waals surface area contributed by atoms with Gasteiger partial charge < -0.3 is 4.74 Å². The van der Waals surface area contributed by atoms with Crippen LogP contribution < -0.4 is 4.74 Å². The Balaban J connectivity index is 1.28. The molecule has 4 aromatic carbocycles. The van der Waals surface area contributed by atoms with Crippen molar-refractivity contribution >= 4 is 24.3 Å². The number of hydrogen-bond acceptors (Lipinski definition) is 1. The quantitative estimate of drug-likeness (QED) is 0.181. The van der Waals surface area contributed by atoms with Crippen molar-refractivity contribution in [3.05, 3.63) is 130 Å². The maximum atomic E-state index is 6.06. The predicted molar refractivity (Wildman–Crippen MR) is 161 cm³/mol. The second-order valence-corrected chi connectivity index (χ2v) is 9.60. The monoisotopic (exact) mass is 486 g/mol. The Morgan fingerprint density at radius 2 is 0.730 bits per heavy atom. The molecule has 0 fully saturated rings. The zero-order chi connectivity index (χ0) is 25.7. The van der Waals surface area contributed by atoms with Crippen molar-refractivity contribution in [2.45, 2.75) is 52.4 Å². The van der Waals surface area contributed by atoms with Gasteiger partial charge in [0.25, 0.3) is 0 Å². The minimum atomic E-state index is 0.837. The van der Waals surface area contributed by atoms with Crippen LogP contribution in [-0.4, -0.2) is 0 Å². The average Bonchev–Trinajstić information content (AvgIpc) is 2.95. The smallest absolute Gasteiger partial charge is 0.127 e. The average molecular weight is 487 g/mol. The van der Waals surface area contributed by atoms with Gasteiger partial charge in [-0.2, -0.15) is 0 Å². The molecule has 4 rings (SSSR count). The number of aryl methyl sites for hydroxylation is 2. The molecule has 0 amide bonds. The Morgan fingerprint density at radius 1 is 0.432 bits per heavy atom. The Kier molecular flexibility index (Phi) is 9.95. The van der Waals surface area contributed by atoms with E-state index >= 15 is 0 Å². The van der Waals surface area contributed by atoms with Gasteiger partial charge in [0.2, 0.25) is 0 Å². The molecule has 0 aliphatic carbocycles. The summed E-state index contributed by atoms with van der Waals surface area (Å²) >= 11 is 0. The first-order valence-electron chi connectivity index (χ1n) is 13.6. The van der Waals surface area contributed by atoms with Gasteiger partial charge in [-0.3, -0.25) is 0 Å². The van der Waals surface area contributed by atoms with Gasteiger partial charge in [-0.15, -0.1) is 0 Å². The predicted octanol–water partition coefficient (Wildman–Crippen LogP) is 10.5. The third-order valence-electron chi connectivity index (χ3n) is 6.53. The van der Waals surface area contributed by atoms with Crippen LogP contribution in [-0.2, 0) is 12.8 Å². The van der Waals surface area contributed by atoms with Crippen LogP contribution in [0.15, 0.2) is 97.1 Å². The maximum Gasteiger partial charge on any atom is 0.127 e. The summed E-state index contributed by atoms with van der Waals surface area (Å²) in [5, 5.41) is 0. The summed E-state index contributed by atoms with van der Waals surface area (Å²) in [6.45, 7) is 4.47. The topological polar surface area (TPSA) is 9.23 Å². The summed E-state index contributed by atoms with van der Waals surface area (Å²) < 4.78 is 6.06. The lowest BCUT2D eigenvalue weighted by molar-refractivity contribution is 0.482. The fourth-order valence-electron chi connectivity index (χ4n) is 4.17. The summed E-state index contributed by atoms with van der Waals surface area (Å²) in [7, 11) is 0. The highest BCUT2D eigenvalue weighted by Gasteiger charge is 1.99.